The quantitative estimate of drug-likeness (QED) is 0.854. The fraction of sp³-hybridized carbons (Fsp3) is 0.143. The predicted octanol–water partition coefficient (Wildman–Crippen LogP) is 1.94. The summed E-state index contributed by atoms with van der Waals surface area (Å²) in [6.45, 7) is 0.243. The largest absolute Gasteiger partial charge is 0.467 e. The maximum absolute atomic E-state index is 13.2. The first-order valence-electron chi connectivity index (χ1n) is 6.77. The Morgan fingerprint density at radius 1 is 1.38 bits per heavy atom. The third kappa shape index (κ3) is 3.77. The van der Waals surface area contributed by atoms with Crippen LogP contribution in [0.3, 0.4) is 0 Å². The SMILES string of the molecule is O=C(CSC1=NS(=O)(=O)c2cc(F)ccc2N1)NCc1ccco1. The molecule has 0 atom stereocenters. The van der Waals surface area contributed by atoms with E-state index in [2.05, 4.69) is 15.0 Å². The number of amidine groups is 1. The number of fused-ring (bicyclic) bond motifs is 1. The van der Waals surface area contributed by atoms with E-state index in [1.807, 2.05) is 0 Å². The number of carbonyl (C=O) groups is 1. The van der Waals surface area contributed by atoms with Crippen LogP contribution in [0.25, 0.3) is 0 Å². The van der Waals surface area contributed by atoms with Crippen LogP contribution < -0.4 is 10.6 Å². The van der Waals surface area contributed by atoms with Gasteiger partial charge in [-0.3, -0.25) is 4.79 Å². The van der Waals surface area contributed by atoms with E-state index >= 15 is 0 Å². The fourth-order valence-electron chi connectivity index (χ4n) is 1.96. The third-order valence-corrected chi connectivity index (χ3v) is 5.35. The van der Waals surface area contributed by atoms with Crippen LogP contribution in [0.5, 0.6) is 0 Å². The maximum Gasteiger partial charge on any atom is 0.286 e. The first kappa shape index (κ1) is 16.5. The lowest BCUT2D eigenvalue weighted by Crippen LogP contribution is -2.26. The number of hydrogen-bond acceptors (Lipinski definition) is 6. The van der Waals surface area contributed by atoms with Crippen molar-refractivity contribution in [1.29, 1.82) is 0 Å². The summed E-state index contributed by atoms with van der Waals surface area (Å²) < 4.78 is 45.9. The van der Waals surface area contributed by atoms with E-state index in [1.165, 1.54) is 12.3 Å². The van der Waals surface area contributed by atoms with Crippen molar-refractivity contribution in [1.82, 2.24) is 5.32 Å². The van der Waals surface area contributed by atoms with Crippen LogP contribution in [0.4, 0.5) is 10.1 Å². The number of furan rings is 1. The lowest BCUT2D eigenvalue weighted by atomic mass is 10.3. The summed E-state index contributed by atoms with van der Waals surface area (Å²) >= 11 is 0.936. The number of benzene rings is 1. The van der Waals surface area contributed by atoms with Gasteiger partial charge in [0, 0.05) is 0 Å². The monoisotopic (exact) mass is 369 g/mol. The number of amides is 1. The Hall–Kier alpha value is -2.33. The molecular weight excluding hydrogens is 357 g/mol. The summed E-state index contributed by atoms with van der Waals surface area (Å²) in [7, 11) is -3.99. The Labute approximate surface area is 141 Å². The molecule has 1 amide bonds. The van der Waals surface area contributed by atoms with Gasteiger partial charge in [-0.2, -0.15) is 8.42 Å². The number of sulfonamides is 1. The second kappa shape index (κ2) is 6.65. The van der Waals surface area contributed by atoms with Crippen LogP contribution in [-0.4, -0.2) is 25.2 Å². The summed E-state index contributed by atoms with van der Waals surface area (Å²) in [6, 6.07) is 6.79. The van der Waals surface area contributed by atoms with Crippen LogP contribution >= 0.6 is 11.8 Å². The van der Waals surface area contributed by atoms with Crippen molar-refractivity contribution in [3.05, 3.63) is 48.2 Å². The zero-order valence-electron chi connectivity index (χ0n) is 12.2. The Morgan fingerprint density at radius 2 is 2.21 bits per heavy atom. The van der Waals surface area contributed by atoms with Gasteiger partial charge in [-0.15, -0.1) is 4.40 Å². The molecule has 3 rings (SSSR count). The highest BCUT2D eigenvalue weighted by Gasteiger charge is 2.26. The molecule has 24 heavy (non-hydrogen) atoms. The zero-order valence-corrected chi connectivity index (χ0v) is 13.8. The highest BCUT2D eigenvalue weighted by Crippen LogP contribution is 2.29. The molecule has 1 aliphatic heterocycles. The number of carbonyl (C=O) groups excluding carboxylic acids is 1. The molecule has 0 spiro atoms. The first-order chi connectivity index (χ1) is 11.4. The van der Waals surface area contributed by atoms with Crippen molar-refractivity contribution < 1.29 is 22.0 Å². The van der Waals surface area contributed by atoms with Crippen LogP contribution in [0.1, 0.15) is 5.76 Å². The number of halogens is 1. The fourth-order valence-corrected chi connectivity index (χ4v) is 4.03. The highest BCUT2D eigenvalue weighted by atomic mass is 32.2. The van der Waals surface area contributed by atoms with Crippen LogP contribution in [0, 0.1) is 5.82 Å². The zero-order chi connectivity index (χ0) is 17.2. The van der Waals surface area contributed by atoms with Gasteiger partial charge < -0.3 is 15.1 Å². The van der Waals surface area contributed by atoms with Gasteiger partial charge in [0.1, 0.15) is 16.5 Å². The van der Waals surface area contributed by atoms with E-state index in [0.717, 1.165) is 23.9 Å². The topological polar surface area (TPSA) is 101 Å². The van der Waals surface area contributed by atoms with E-state index in [9.17, 15) is 17.6 Å². The lowest BCUT2D eigenvalue weighted by Gasteiger charge is -2.17. The van der Waals surface area contributed by atoms with Crippen molar-refractivity contribution in [2.24, 2.45) is 4.40 Å². The second-order valence-corrected chi connectivity index (χ2v) is 7.32. The smallest absolute Gasteiger partial charge is 0.286 e. The number of anilines is 1. The average molecular weight is 369 g/mol. The maximum atomic E-state index is 13.2. The van der Waals surface area contributed by atoms with Crippen molar-refractivity contribution >= 4 is 38.5 Å². The van der Waals surface area contributed by atoms with Crippen LogP contribution in [-0.2, 0) is 21.4 Å². The molecule has 0 saturated carbocycles. The summed E-state index contributed by atoms with van der Waals surface area (Å²) in [5.74, 6) is -0.385. The molecule has 1 aliphatic rings. The standard InChI is InChI=1S/C14H12FN3O4S2/c15-9-3-4-11-12(6-9)24(20,21)18-14(17-11)23-8-13(19)16-7-10-2-1-5-22-10/h1-6H,7-8H2,(H,16,19)(H,17,18). The molecule has 0 bridgehead atoms. The van der Waals surface area contributed by atoms with Gasteiger partial charge in [0.15, 0.2) is 5.17 Å². The van der Waals surface area contributed by atoms with E-state index in [0.29, 0.717) is 5.76 Å². The molecule has 0 aliphatic carbocycles. The summed E-state index contributed by atoms with van der Waals surface area (Å²) in [4.78, 5) is 11.5. The number of nitrogens with zero attached hydrogens (tertiary/aromatic N) is 1. The highest BCUT2D eigenvalue weighted by molar-refractivity contribution is 8.15. The van der Waals surface area contributed by atoms with Crippen molar-refractivity contribution in [2.45, 2.75) is 11.4 Å². The molecule has 0 unspecified atom stereocenters. The lowest BCUT2D eigenvalue weighted by molar-refractivity contribution is -0.118. The molecule has 2 N–H and O–H groups in total. The van der Waals surface area contributed by atoms with Crippen molar-refractivity contribution in [2.75, 3.05) is 11.1 Å². The minimum Gasteiger partial charge on any atom is -0.467 e. The Kier molecular flexibility index (Phi) is 4.58. The molecule has 2 aromatic rings. The summed E-state index contributed by atoms with van der Waals surface area (Å²) in [5, 5.41) is 5.47. The van der Waals surface area contributed by atoms with E-state index in [4.69, 9.17) is 4.42 Å². The molecule has 10 heteroatoms. The molecule has 126 valence electrons. The molecule has 0 fully saturated rings. The molecule has 2 heterocycles. The van der Waals surface area contributed by atoms with E-state index in [1.54, 1.807) is 12.1 Å². The number of thioether (sulfide) groups is 1. The van der Waals surface area contributed by atoms with Gasteiger partial charge >= 0.3 is 0 Å². The van der Waals surface area contributed by atoms with Gasteiger partial charge in [-0.25, -0.2) is 4.39 Å². The number of hydrogen-bond donors (Lipinski definition) is 2. The average Bonchev–Trinajstić information content (AvgIpc) is 3.05. The number of nitrogens with one attached hydrogen (secondary N) is 2. The van der Waals surface area contributed by atoms with Gasteiger partial charge in [-0.1, -0.05) is 11.8 Å². The Morgan fingerprint density at radius 3 is 2.96 bits per heavy atom. The number of rotatable bonds is 4. The summed E-state index contributed by atoms with van der Waals surface area (Å²) in [5.41, 5.74) is 0.227. The predicted molar refractivity (Wildman–Crippen MR) is 87.7 cm³/mol. The van der Waals surface area contributed by atoms with E-state index < -0.39 is 15.8 Å². The molecule has 7 nitrogen and oxygen atoms in total. The molecule has 0 saturated heterocycles. The minimum atomic E-state index is -3.99. The molecule has 0 radical (unpaired) electrons. The van der Waals surface area contributed by atoms with Crippen LogP contribution in [0.2, 0.25) is 0 Å². The first-order valence-corrected chi connectivity index (χ1v) is 9.20. The molecule has 1 aromatic heterocycles. The minimum absolute atomic E-state index is 0.0292. The Balaban J connectivity index is 1.61. The third-order valence-electron chi connectivity index (χ3n) is 3.05. The van der Waals surface area contributed by atoms with Gasteiger partial charge in [0.2, 0.25) is 5.91 Å². The summed E-state index contributed by atoms with van der Waals surface area (Å²) in [6.07, 6.45) is 1.50. The molecule has 1 aromatic carbocycles. The van der Waals surface area contributed by atoms with Gasteiger partial charge in [0.05, 0.1) is 24.2 Å². The van der Waals surface area contributed by atoms with E-state index in [-0.39, 0.29) is 34.0 Å². The van der Waals surface area contributed by atoms with Crippen molar-refractivity contribution in [3.63, 3.8) is 0 Å². The van der Waals surface area contributed by atoms with Gasteiger partial charge in [-0.05, 0) is 30.3 Å². The van der Waals surface area contributed by atoms with Crippen LogP contribution in [0.15, 0.2) is 50.3 Å². The normalized spacial score (nSPS) is 15.1. The van der Waals surface area contributed by atoms with Gasteiger partial charge in [0.25, 0.3) is 10.0 Å². The molecular formula is C14H12FN3O4S2. The van der Waals surface area contributed by atoms with Crippen molar-refractivity contribution in [3.8, 4) is 0 Å². The second-order valence-electron chi connectivity index (χ2n) is 4.78. The Bertz CT molecular complexity index is 895.